The first-order valence-corrected chi connectivity index (χ1v) is 12.5. The van der Waals surface area contributed by atoms with Crippen LogP contribution in [0.4, 0.5) is 0 Å². The molecule has 4 rings (SSSR count). The van der Waals surface area contributed by atoms with Crippen LogP contribution in [0.3, 0.4) is 0 Å². The zero-order valence-corrected chi connectivity index (χ0v) is 19.0. The van der Waals surface area contributed by atoms with Gasteiger partial charge in [0.25, 0.3) is 0 Å². The third kappa shape index (κ3) is 4.60. The lowest BCUT2D eigenvalue weighted by atomic mass is 9.94. The smallest absolute Gasteiger partial charge is 0.408 e. The van der Waals surface area contributed by atoms with Gasteiger partial charge in [-0.15, -0.1) is 11.3 Å². The molecule has 31 heavy (non-hydrogen) atoms. The number of sulfonamides is 1. The number of amides is 1. The number of carbonyl (C=O) groups is 1. The number of oxazole rings is 1. The summed E-state index contributed by atoms with van der Waals surface area (Å²) in [5.41, 5.74) is 0.533. The van der Waals surface area contributed by atoms with E-state index >= 15 is 0 Å². The van der Waals surface area contributed by atoms with E-state index in [4.69, 9.17) is 4.42 Å². The molecule has 0 unspecified atom stereocenters. The summed E-state index contributed by atoms with van der Waals surface area (Å²) < 4.78 is 34.2. The number of benzene rings is 1. The van der Waals surface area contributed by atoms with Gasteiger partial charge in [-0.05, 0) is 41.8 Å². The van der Waals surface area contributed by atoms with Crippen LogP contribution in [0.15, 0.2) is 49.8 Å². The van der Waals surface area contributed by atoms with Crippen LogP contribution in [-0.4, -0.2) is 36.3 Å². The summed E-state index contributed by atoms with van der Waals surface area (Å²) >= 11 is 1.53. The number of hydrogen-bond donors (Lipinski definition) is 1. The minimum Gasteiger partial charge on any atom is -0.408 e. The van der Waals surface area contributed by atoms with Crippen LogP contribution in [0, 0.1) is 11.8 Å². The minimum atomic E-state index is -3.70. The molecule has 0 aliphatic carbocycles. The van der Waals surface area contributed by atoms with Gasteiger partial charge in [0.05, 0.1) is 17.0 Å². The molecule has 0 radical (unpaired) electrons. The van der Waals surface area contributed by atoms with Gasteiger partial charge in [-0.2, -0.15) is 4.31 Å². The van der Waals surface area contributed by atoms with Crippen LogP contribution >= 0.6 is 11.3 Å². The van der Waals surface area contributed by atoms with Gasteiger partial charge in [0.1, 0.15) is 6.54 Å². The van der Waals surface area contributed by atoms with E-state index in [2.05, 4.69) is 5.32 Å². The van der Waals surface area contributed by atoms with Gasteiger partial charge < -0.3 is 9.73 Å². The fourth-order valence-electron chi connectivity index (χ4n) is 4.11. The number of thiophene rings is 1. The summed E-state index contributed by atoms with van der Waals surface area (Å²) in [4.78, 5) is 25.7. The molecule has 1 aliphatic rings. The Balaban J connectivity index is 1.55. The van der Waals surface area contributed by atoms with E-state index in [-0.39, 0.29) is 34.8 Å². The molecule has 1 fully saturated rings. The Labute approximate surface area is 184 Å². The van der Waals surface area contributed by atoms with Gasteiger partial charge >= 0.3 is 5.76 Å². The Kier molecular flexibility index (Phi) is 6.05. The molecule has 2 aromatic heterocycles. The molecule has 0 spiro atoms. The Hall–Kier alpha value is -2.43. The van der Waals surface area contributed by atoms with Crippen LogP contribution < -0.4 is 11.1 Å². The molecule has 2 atom stereocenters. The summed E-state index contributed by atoms with van der Waals surface area (Å²) in [5.74, 6) is -0.454. The molecular weight excluding hydrogens is 438 g/mol. The first-order valence-electron chi connectivity index (χ1n) is 10.2. The molecule has 1 saturated heterocycles. The molecule has 3 aromatic rings. The molecule has 1 aromatic carbocycles. The molecule has 0 saturated carbocycles. The van der Waals surface area contributed by atoms with Gasteiger partial charge in [0.2, 0.25) is 15.9 Å². The van der Waals surface area contributed by atoms with Gasteiger partial charge in [0, 0.05) is 24.0 Å². The second-order valence-corrected chi connectivity index (χ2v) is 11.2. The predicted octanol–water partition coefficient (Wildman–Crippen LogP) is 2.64. The van der Waals surface area contributed by atoms with Crippen LogP contribution in [0.5, 0.6) is 0 Å². The quantitative estimate of drug-likeness (QED) is 0.606. The molecular formula is C21H25N3O5S2. The van der Waals surface area contributed by atoms with Gasteiger partial charge in [-0.25, -0.2) is 13.2 Å². The second-order valence-electron chi connectivity index (χ2n) is 8.21. The van der Waals surface area contributed by atoms with E-state index in [1.54, 1.807) is 0 Å². The third-order valence-corrected chi connectivity index (χ3v) is 8.16. The maximum absolute atomic E-state index is 13.1. The molecule has 166 valence electrons. The summed E-state index contributed by atoms with van der Waals surface area (Å²) in [6, 6.07) is 8.18. The van der Waals surface area contributed by atoms with Crippen molar-refractivity contribution in [1.82, 2.24) is 14.2 Å². The van der Waals surface area contributed by atoms with Crippen molar-refractivity contribution in [3.05, 3.63) is 51.1 Å². The van der Waals surface area contributed by atoms with Crippen LogP contribution in [0.25, 0.3) is 11.1 Å². The van der Waals surface area contributed by atoms with Crippen LogP contribution in [0.1, 0.15) is 25.1 Å². The molecule has 0 bridgehead atoms. The lowest BCUT2D eigenvalue weighted by molar-refractivity contribution is -0.121. The van der Waals surface area contributed by atoms with Crippen molar-refractivity contribution >= 4 is 38.4 Å². The van der Waals surface area contributed by atoms with E-state index in [9.17, 15) is 18.0 Å². The number of nitrogens with zero attached hydrogens (tertiary/aromatic N) is 2. The fraction of sp³-hybridized carbons (Fsp3) is 0.429. The molecule has 10 heteroatoms. The highest BCUT2D eigenvalue weighted by atomic mass is 32.2. The summed E-state index contributed by atoms with van der Waals surface area (Å²) in [6.45, 7) is 5.22. The van der Waals surface area contributed by atoms with E-state index in [0.29, 0.717) is 25.2 Å². The average Bonchev–Trinajstić information content (AvgIpc) is 3.33. The fourth-order valence-corrected chi connectivity index (χ4v) is 6.45. The maximum atomic E-state index is 13.1. The SMILES string of the molecule is C[C@H]1C[C@H](C)CN(S(=O)(=O)c2ccc3c(c2)oc(=O)n3CC(=O)NCc2cccs2)C1. The second kappa shape index (κ2) is 8.60. The number of rotatable bonds is 6. The van der Waals surface area contributed by atoms with E-state index in [1.165, 1.54) is 38.4 Å². The van der Waals surface area contributed by atoms with Crippen molar-refractivity contribution in [2.75, 3.05) is 13.1 Å². The Morgan fingerprint density at radius 1 is 1.23 bits per heavy atom. The van der Waals surface area contributed by atoms with Crippen molar-refractivity contribution in [2.45, 2.75) is 38.3 Å². The number of carbonyl (C=O) groups excluding carboxylic acids is 1. The van der Waals surface area contributed by atoms with Crippen LogP contribution in [-0.2, 0) is 27.9 Å². The first kappa shape index (κ1) is 21.8. The Morgan fingerprint density at radius 3 is 2.65 bits per heavy atom. The van der Waals surface area contributed by atoms with E-state index < -0.39 is 15.8 Å². The van der Waals surface area contributed by atoms with Gasteiger partial charge in [-0.3, -0.25) is 9.36 Å². The van der Waals surface area contributed by atoms with Crippen molar-refractivity contribution in [1.29, 1.82) is 0 Å². The monoisotopic (exact) mass is 463 g/mol. The zero-order chi connectivity index (χ0) is 22.2. The molecule has 1 amide bonds. The number of piperidine rings is 1. The summed E-state index contributed by atoms with van der Waals surface area (Å²) in [6.07, 6.45) is 0.997. The Morgan fingerprint density at radius 2 is 1.97 bits per heavy atom. The molecule has 1 aliphatic heterocycles. The summed E-state index contributed by atoms with van der Waals surface area (Å²) in [7, 11) is -3.70. The largest absolute Gasteiger partial charge is 0.420 e. The standard InChI is InChI=1S/C21H25N3O5S2/c1-14-8-15(2)12-23(11-14)31(27,28)17-5-6-18-19(9-17)29-21(26)24(18)13-20(25)22-10-16-4-3-7-30-16/h3-7,9,14-15H,8,10-13H2,1-2H3,(H,22,25)/t14-,15-/m0/s1. The first-order chi connectivity index (χ1) is 14.7. The van der Waals surface area contributed by atoms with E-state index in [0.717, 1.165) is 11.3 Å². The van der Waals surface area contributed by atoms with Gasteiger partial charge in [-0.1, -0.05) is 19.9 Å². The summed E-state index contributed by atoms with van der Waals surface area (Å²) in [5, 5.41) is 4.69. The zero-order valence-electron chi connectivity index (χ0n) is 17.4. The molecule has 3 heterocycles. The normalized spacial score (nSPS) is 20.2. The average molecular weight is 464 g/mol. The van der Waals surface area contributed by atoms with Crippen molar-refractivity contribution in [2.24, 2.45) is 11.8 Å². The number of nitrogens with one attached hydrogen (secondary N) is 1. The molecule has 8 nitrogen and oxygen atoms in total. The van der Waals surface area contributed by atoms with E-state index in [1.807, 2.05) is 31.4 Å². The Bertz CT molecular complexity index is 1230. The highest BCUT2D eigenvalue weighted by Gasteiger charge is 2.32. The third-order valence-electron chi connectivity index (χ3n) is 5.45. The topological polar surface area (TPSA) is 102 Å². The van der Waals surface area contributed by atoms with Crippen molar-refractivity contribution in [3.8, 4) is 0 Å². The van der Waals surface area contributed by atoms with Crippen LogP contribution in [0.2, 0.25) is 0 Å². The lowest BCUT2D eigenvalue weighted by Crippen LogP contribution is -2.42. The maximum Gasteiger partial charge on any atom is 0.420 e. The highest BCUT2D eigenvalue weighted by molar-refractivity contribution is 7.89. The minimum absolute atomic E-state index is 0.0874. The van der Waals surface area contributed by atoms with Crippen molar-refractivity contribution < 1.29 is 17.6 Å². The number of fused-ring (bicyclic) bond motifs is 1. The number of aromatic nitrogens is 1. The molecule has 1 N–H and O–H groups in total. The number of hydrogen-bond acceptors (Lipinski definition) is 6. The predicted molar refractivity (Wildman–Crippen MR) is 118 cm³/mol. The highest BCUT2D eigenvalue weighted by Crippen LogP contribution is 2.28. The lowest BCUT2D eigenvalue weighted by Gasteiger charge is -2.34. The van der Waals surface area contributed by atoms with Crippen molar-refractivity contribution in [3.63, 3.8) is 0 Å². The van der Waals surface area contributed by atoms with Gasteiger partial charge in [0.15, 0.2) is 5.58 Å².